The first kappa shape index (κ1) is 12.6. The van der Waals surface area contributed by atoms with E-state index in [0.29, 0.717) is 19.6 Å². The lowest BCUT2D eigenvalue weighted by atomic mass is 10.0. The summed E-state index contributed by atoms with van der Waals surface area (Å²) < 4.78 is 5.65. The third-order valence-electron chi connectivity index (χ3n) is 3.19. The molecular weight excluding hydrogens is 214 g/mol. The van der Waals surface area contributed by atoms with E-state index in [2.05, 4.69) is 24.3 Å². The second-order valence-corrected chi connectivity index (χ2v) is 4.61. The van der Waals surface area contributed by atoms with Crippen LogP contribution in [0.3, 0.4) is 0 Å². The normalized spacial score (nSPS) is 17.1. The molecule has 2 rings (SSSR count). The zero-order valence-corrected chi connectivity index (χ0v) is 10.1. The SMILES string of the molecule is NCC(OCCCO)c1ccc(C2CC2)cc1. The Morgan fingerprint density at radius 1 is 1.29 bits per heavy atom. The minimum atomic E-state index is -0.0465. The molecular formula is C14H21NO2. The zero-order chi connectivity index (χ0) is 12.1. The van der Waals surface area contributed by atoms with Crippen molar-refractivity contribution in [2.24, 2.45) is 5.73 Å². The molecule has 0 spiro atoms. The van der Waals surface area contributed by atoms with Gasteiger partial charge in [-0.25, -0.2) is 0 Å². The van der Waals surface area contributed by atoms with E-state index in [1.807, 2.05) is 0 Å². The predicted molar refractivity (Wildman–Crippen MR) is 67.9 cm³/mol. The molecule has 0 aromatic heterocycles. The Morgan fingerprint density at radius 3 is 2.53 bits per heavy atom. The van der Waals surface area contributed by atoms with Crippen molar-refractivity contribution in [1.29, 1.82) is 0 Å². The minimum absolute atomic E-state index is 0.0465. The average molecular weight is 235 g/mol. The van der Waals surface area contributed by atoms with Crippen LogP contribution >= 0.6 is 0 Å². The summed E-state index contributed by atoms with van der Waals surface area (Å²) in [5, 5.41) is 8.72. The van der Waals surface area contributed by atoms with Gasteiger partial charge in [0.25, 0.3) is 0 Å². The minimum Gasteiger partial charge on any atom is -0.396 e. The molecule has 1 aliphatic rings. The number of rotatable bonds is 7. The number of benzene rings is 1. The van der Waals surface area contributed by atoms with Crippen molar-refractivity contribution in [2.45, 2.75) is 31.3 Å². The highest BCUT2D eigenvalue weighted by Gasteiger charge is 2.23. The Morgan fingerprint density at radius 2 is 2.00 bits per heavy atom. The summed E-state index contributed by atoms with van der Waals surface area (Å²) in [5.74, 6) is 0.788. The van der Waals surface area contributed by atoms with Crippen LogP contribution in [0.15, 0.2) is 24.3 Å². The molecule has 17 heavy (non-hydrogen) atoms. The monoisotopic (exact) mass is 235 g/mol. The fourth-order valence-electron chi connectivity index (χ4n) is 1.99. The standard InChI is InChI=1S/C14H21NO2/c15-10-14(17-9-1-8-16)13-6-4-12(5-7-13)11-2-3-11/h4-7,11,14,16H,1-3,8-10,15H2. The number of ether oxygens (including phenoxy) is 1. The van der Waals surface area contributed by atoms with Gasteiger partial charge in [-0.3, -0.25) is 0 Å². The summed E-state index contributed by atoms with van der Waals surface area (Å²) >= 11 is 0. The Labute approximate surface area is 103 Å². The highest BCUT2D eigenvalue weighted by Crippen LogP contribution is 2.40. The van der Waals surface area contributed by atoms with Gasteiger partial charge in [-0.1, -0.05) is 24.3 Å². The van der Waals surface area contributed by atoms with Crippen LogP contribution in [-0.4, -0.2) is 24.9 Å². The Balaban J connectivity index is 1.92. The summed E-state index contributed by atoms with van der Waals surface area (Å²) in [7, 11) is 0. The molecule has 94 valence electrons. The maximum Gasteiger partial charge on any atom is 0.0947 e. The summed E-state index contributed by atoms with van der Waals surface area (Å²) in [6, 6.07) is 8.60. The summed E-state index contributed by atoms with van der Waals surface area (Å²) in [6.07, 6.45) is 3.27. The number of aliphatic hydroxyl groups excluding tert-OH is 1. The molecule has 0 radical (unpaired) electrons. The van der Waals surface area contributed by atoms with Gasteiger partial charge in [-0.2, -0.15) is 0 Å². The van der Waals surface area contributed by atoms with Gasteiger partial charge < -0.3 is 15.6 Å². The topological polar surface area (TPSA) is 55.5 Å². The second kappa shape index (κ2) is 6.15. The van der Waals surface area contributed by atoms with Crippen LogP contribution in [0.4, 0.5) is 0 Å². The van der Waals surface area contributed by atoms with E-state index < -0.39 is 0 Å². The average Bonchev–Trinajstić information content (AvgIpc) is 3.19. The van der Waals surface area contributed by atoms with Crippen molar-refractivity contribution in [3.63, 3.8) is 0 Å². The Kier molecular flexibility index (Phi) is 4.54. The summed E-state index contributed by atoms with van der Waals surface area (Å²) in [4.78, 5) is 0. The quantitative estimate of drug-likeness (QED) is 0.710. The maximum atomic E-state index is 8.72. The lowest BCUT2D eigenvalue weighted by molar-refractivity contribution is 0.0488. The largest absolute Gasteiger partial charge is 0.396 e. The lowest BCUT2D eigenvalue weighted by Crippen LogP contribution is -2.16. The van der Waals surface area contributed by atoms with E-state index in [4.69, 9.17) is 15.6 Å². The fourth-order valence-corrected chi connectivity index (χ4v) is 1.99. The Hall–Kier alpha value is -0.900. The number of hydrogen-bond acceptors (Lipinski definition) is 3. The molecule has 0 heterocycles. The van der Waals surface area contributed by atoms with Crippen LogP contribution in [0.2, 0.25) is 0 Å². The van der Waals surface area contributed by atoms with Crippen molar-refractivity contribution >= 4 is 0 Å². The van der Waals surface area contributed by atoms with Gasteiger partial charge in [-0.15, -0.1) is 0 Å². The van der Waals surface area contributed by atoms with Crippen LogP contribution in [-0.2, 0) is 4.74 Å². The molecule has 1 unspecified atom stereocenters. The highest BCUT2D eigenvalue weighted by molar-refractivity contribution is 5.29. The molecule has 3 N–H and O–H groups in total. The van der Waals surface area contributed by atoms with E-state index in [1.54, 1.807) is 0 Å². The van der Waals surface area contributed by atoms with E-state index in [1.165, 1.54) is 18.4 Å². The van der Waals surface area contributed by atoms with Gasteiger partial charge >= 0.3 is 0 Å². The first-order valence-electron chi connectivity index (χ1n) is 6.37. The second-order valence-electron chi connectivity index (χ2n) is 4.61. The molecule has 0 aliphatic heterocycles. The molecule has 1 saturated carbocycles. The highest BCUT2D eigenvalue weighted by atomic mass is 16.5. The van der Waals surface area contributed by atoms with Crippen LogP contribution in [0, 0.1) is 0 Å². The van der Waals surface area contributed by atoms with E-state index in [-0.39, 0.29) is 12.7 Å². The van der Waals surface area contributed by atoms with Gasteiger partial charge in [-0.05, 0) is 36.3 Å². The number of hydrogen-bond donors (Lipinski definition) is 2. The van der Waals surface area contributed by atoms with Crippen LogP contribution in [0.25, 0.3) is 0 Å². The molecule has 1 fully saturated rings. The van der Waals surface area contributed by atoms with Gasteiger partial charge in [0.2, 0.25) is 0 Å². The third-order valence-corrected chi connectivity index (χ3v) is 3.19. The maximum absolute atomic E-state index is 8.72. The van der Waals surface area contributed by atoms with Crippen molar-refractivity contribution in [3.05, 3.63) is 35.4 Å². The van der Waals surface area contributed by atoms with Crippen molar-refractivity contribution in [2.75, 3.05) is 19.8 Å². The molecule has 0 amide bonds. The van der Waals surface area contributed by atoms with Crippen LogP contribution < -0.4 is 5.73 Å². The third kappa shape index (κ3) is 3.53. The molecule has 1 atom stereocenters. The fraction of sp³-hybridized carbons (Fsp3) is 0.571. The van der Waals surface area contributed by atoms with Gasteiger partial charge in [0.05, 0.1) is 6.10 Å². The molecule has 3 nitrogen and oxygen atoms in total. The van der Waals surface area contributed by atoms with Crippen molar-refractivity contribution in [3.8, 4) is 0 Å². The molecule has 0 saturated heterocycles. The Bertz CT molecular complexity index is 333. The van der Waals surface area contributed by atoms with E-state index in [9.17, 15) is 0 Å². The van der Waals surface area contributed by atoms with Crippen LogP contribution in [0.5, 0.6) is 0 Å². The van der Waals surface area contributed by atoms with Crippen molar-refractivity contribution < 1.29 is 9.84 Å². The van der Waals surface area contributed by atoms with E-state index >= 15 is 0 Å². The molecule has 3 heteroatoms. The molecule has 1 aromatic rings. The van der Waals surface area contributed by atoms with Gasteiger partial charge in [0, 0.05) is 19.8 Å². The first-order valence-corrected chi connectivity index (χ1v) is 6.37. The number of aliphatic hydroxyl groups is 1. The zero-order valence-electron chi connectivity index (χ0n) is 10.1. The van der Waals surface area contributed by atoms with Gasteiger partial charge in [0.1, 0.15) is 0 Å². The first-order chi connectivity index (χ1) is 8.35. The summed E-state index contributed by atoms with van der Waals surface area (Å²) in [6.45, 7) is 1.20. The van der Waals surface area contributed by atoms with Crippen LogP contribution in [0.1, 0.15) is 42.4 Å². The molecule has 1 aromatic carbocycles. The van der Waals surface area contributed by atoms with E-state index in [0.717, 1.165) is 11.5 Å². The smallest absolute Gasteiger partial charge is 0.0947 e. The lowest BCUT2D eigenvalue weighted by Gasteiger charge is -2.16. The van der Waals surface area contributed by atoms with Crippen molar-refractivity contribution in [1.82, 2.24) is 0 Å². The van der Waals surface area contributed by atoms with Gasteiger partial charge in [0.15, 0.2) is 0 Å². The summed E-state index contributed by atoms with van der Waals surface area (Å²) in [5.41, 5.74) is 8.27. The number of nitrogens with two attached hydrogens (primary N) is 1. The predicted octanol–water partition coefficient (Wildman–Crippen LogP) is 1.96. The molecule has 1 aliphatic carbocycles. The molecule has 0 bridgehead atoms.